The molecule has 3 rings (SSSR count). The Balaban J connectivity index is 1.78. The Kier molecular flexibility index (Phi) is 5.32. The van der Waals surface area contributed by atoms with E-state index >= 15 is 0 Å². The third-order valence-electron chi connectivity index (χ3n) is 7.40. The lowest BCUT2D eigenvalue weighted by molar-refractivity contribution is -0.160. The van der Waals surface area contributed by atoms with Gasteiger partial charge in [0.2, 0.25) is 0 Å². The van der Waals surface area contributed by atoms with E-state index in [0.29, 0.717) is 23.7 Å². The topological polar surface area (TPSA) is 52.6 Å². The van der Waals surface area contributed by atoms with Gasteiger partial charge < -0.3 is 9.47 Å². The first-order valence-electron chi connectivity index (χ1n) is 9.98. The molecule has 1 saturated carbocycles. The monoisotopic (exact) mass is 360 g/mol. The molecule has 0 aliphatic heterocycles. The first-order chi connectivity index (χ1) is 12.2. The number of rotatable bonds is 3. The maximum atomic E-state index is 11.4. The van der Waals surface area contributed by atoms with Gasteiger partial charge in [-0.05, 0) is 67.9 Å². The van der Waals surface area contributed by atoms with Crippen LogP contribution in [0.5, 0.6) is 0 Å². The lowest BCUT2D eigenvalue weighted by Crippen LogP contribution is -2.50. The van der Waals surface area contributed by atoms with E-state index in [0.717, 1.165) is 31.4 Å². The number of carbonyl (C=O) groups excluding carboxylic acids is 2. The van der Waals surface area contributed by atoms with Gasteiger partial charge in [-0.3, -0.25) is 9.59 Å². The molecule has 1 unspecified atom stereocenters. The van der Waals surface area contributed by atoms with Gasteiger partial charge in [0.05, 0.1) is 0 Å². The highest BCUT2D eigenvalue weighted by Crippen LogP contribution is 2.56. The molecule has 0 saturated heterocycles. The van der Waals surface area contributed by atoms with Crippen molar-refractivity contribution in [1.82, 2.24) is 0 Å². The molecule has 6 atom stereocenters. The second kappa shape index (κ2) is 7.21. The Hall–Kier alpha value is -1.58. The molecule has 0 radical (unpaired) electrons. The van der Waals surface area contributed by atoms with Crippen molar-refractivity contribution < 1.29 is 19.1 Å². The summed E-state index contributed by atoms with van der Waals surface area (Å²) < 4.78 is 10.9. The molecule has 0 N–H and O–H groups in total. The molecule has 0 aromatic carbocycles. The van der Waals surface area contributed by atoms with Crippen LogP contribution in [0.4, 0.5) is 0 Å². The van der Waals surface area contributed by atoms with Crippen molar-refractivity contribution in [3.8, 4) is 0 Å². The zero-order valence-electron chi connectivity index (χ0n) is 16.7. The Morgan fingerprint density at radius 2 is 1.92 bits per heavy atom. The molecule has 1 fully saturated rings. The number of esters is 2. The van der Waals surface area contributed by atoms with Crippen LogP contribution in [0.25, 0.3) is 0 Å². The highest BCUT2D eigenvalue weighted by molar-refractivity contribution is 5.67. The lowest BCUT2D eigenvalue weighted by Gasteiger charge is -2.54. The van der Waals surface area contributed by atoms with E-state index in [1.165, 1.54) is 25.8 Å². The predicted molar refractivity (Wildman–Crippen MR) is 100.0 cm³/mol. The van der Waals surface area contributed by atoms with Gasteiger partial charge in [-0.25, -0.2) is 0 Å². The van der Waals surface area contributed by atoms with Crippen LogP contribution in [0, 0.1) is 29.1 Å². The van der Waals surface area contributed by atoms with E-state index in [1.807, 2.05) is 0 Å². The summed E-state index contributed by atoms with van der Waals surface area (Å²) in [6.45, 7) is 9.66. The highest BCUT2D eigenvalue weighted by Gasteiger charge is 2.51. The van der Waals surface area contributed by atoms with E-state index in [1.54, 1.807) is 0 Å². The van der Waals surface area contributed by atoms with Crippen molar-refractivity contribution in [2.24, 2.45) is 29.1 Å². The number of carbonyl (C=O) groups is 2. The summed E-state index contributed by atoms with van der Waals surface area (Å²) in [5.41, 5.74) is 1.39. The molecule has 3 aliphatic carbocycles. The fourth-order valence-corrected chi connectivity index (χ4v) is 5.65. The SMILES string of the molecule is CC(=O)OC1=CC2=CC[C@@H]3[C@H](CC[C@](C)(C(C)OC(C)=O)[C@H]3C)[C@H]2CC1. The van der Waals surface area contributed by atoms with Crippen molar-refractivity contribution >= 4 is 11.9 Å². The second-order valence-electron chi connectivity index (χ2n) is 8.70. The van der Waals surface area contributed by atoms with E-state index < -0.39 is 0 Å². The zero-order chi connectivity index (χ0) is 19.1. The normalized spacial score (nSPS) is 37.4. The van der Waals surface area contributed by atoms with E-state index in [4.69, 9.17) is 9.47 Å². The third-order valence-corrected chi connectivity index (χ3v) is 7.40. The first kappa shape index (κ1) is 19.2. The van der Waals surface area contributed by atoms with E-state index in [2.05, 4.69) is 32.9 Å². The molecule has 144 valence electrons. The number of ether oxygens (including phenoxy) is 2. The van der Waals surface area contributed by atoms with Crippen LogP contribution in [0.15, 0.2) is 23.5 Å². The maximum Gasteiger partial charge on any atom is 0.307 e. The van der Waals surface area contributed by atoms with Crippen molar-refractivity contribution in [1.29, 1.82) is 0 Å². The Morgan fingerprint density at radius 1 is 1.19 bits per heavy atom. The smallest absolute Gasteiger partial charge is 0.307 e. The number of hydrogen-bond acceptors (Lipinski definition) is 4. The van der Waals surface area contributed by atoms with Gasteiger partial charge in [0, 0.05) is 25.7 Å². The lowest BCUT2D eigenvalue weighted by atomic mass is 9.52. The van der Waals surface area contributed by atoms with E-state index in [-0.39, 0.29) is 23.5 Å². The highest BCUT2D eigenvalue weighted by atomic mass is 16.5. The Bertz CT molecular complexity index is 647. The molecule has 0 spiro atoms. The molecular formula is C22H32O4. The van der Waals surface area contributed by atoms with Gasteiger partial charge in [-0.15, -0.1) is 0 Å². The largest absolute Gasteiger partial charge is 0.462 e. The van der Waals surface area contributed by atoms with Crippen LogP contribution in [0.2, 0.25) is 0 Å². The van der Waals surface area contributed by atoms with Gasteiger partial charge in [0.1, 0.15) is 11.9 Å². The maximum absolute atomic E-state index is 11.4. The summed E-state index contributed by atoms with van der Waals surface area (Å²) in [5, 5.41) is 0. The quantitative estimate of drug-likeness (QED) is 0.679. The molecule has 0 heterocycles. The molecule has 0 aromatic rings. The van der Waals surface area contributed by atoms with Crippen LogP contribution in [-0.2, 0) is 19.1 Å². The summed E-state index contributed by atoms with van der Waals surface area (Å²) in [5.74, 6) is 2.79. The fourth-order valence-electron chi connectivity index (χ4n) is 5.65. The van der Waals surface area contributed by atoms with Crippen LogP contribution >= 0.6 is 0 Å². The van der Waals surface area contributed by atoms with Crippen molar-refractivity contribution in [2.45, 2.75) is 72.8 Å². The molecule has 4 heteroatoms. The van der Waals surface area contributed by atoms with Gasteiger partial charge >= 0.3 is 11.9 Å². The molecule has 0 bridgehead atoms. The number of fused-ring (bicyclic) bond motifs is 3. The predicted octanol–water partition coefficient (Wildman–Crippen LogP) is 4.79. The van der Waals surface area contributed by atoms with Crippen molar-refractivity contribution in [3.05, 3.63) is 23.5 Å². The second-order valence-corrected chi connectivity index (χ2v) is 8.70. The average molecular weight is 360 g/mol. The van der Waals surface area contributed by atoms with Gasteiger partial charge in [-0.1, -0.05) is 19.9 Å². The van der Waals surface area contributed by atoms with Crippen LogP contribution in [0.1, 0.15) is 66.7 Å². The molecule has 0 amide bonds. The number of hydrogen-bond donors (Lipinski definition) is 0. The molecule has 0 aromatic heterocycles. The standard InChI is InChI=1S/C22H32O4/c1-13-19-8-6-17-12-18(26-16(4)24)7-9-20(17)21(19)10-11-22(13,5)14(2)25-15(3)23/h6,12-14,19-21H,7-11H2,1-5H3/t13-,14?,19-,20-,21-,22-/m0/s1. The number of allylic oxidation sites excluding steroid dienone is 4. The fraction of sp³-hybridized carbons (Fsp3) is 0.727. The Morgan fingerprint density at radius 3 is 2.58 bits per heavy atom. The summed E-state index contributed by atoms with van der Waals surface area (Å²) in [6, 6.07) is 0. The molecule has 26 heavy (non-hydrogen) atoms. The van der Waals surface area contributed by atoms with Crippen LogP contribution < -0.4 is 0 Å². The molecule has 4 nitrogen and oxygen atoms in total. The zero-order valence-corrected chi connectivity index (χ0v) is 16.7. The van der Waals surface area contributed by atoms with Crippen molar-refractivity contribution in [2.75, 3.05) is 0 Å². The minimum Gasteiger partial charge on any atom is -0.462 e. The van der Waals surface area contributed by atoms with Crippen molar-refractivity contribution in [3.63, 3.8) is 0 Å². The summed E-state index contributed by atoms with van der Waals surface area (Å²) in [6.07, 6.45) is 9.64. The summed E-state index contributed by atoms with van der Waals surface area (Å²) >= 11 is 0. The molecule has 3 aliphatic rings. The van der Waals surface area contributed by atoms with Crippen LogP contribution in [-0.4, -0.2) is 18.0 Å². The minimum absolute atomic E-state index is 0.0333. The summed E-state index contributed by atoms with van der Waals surface area (Å²) in [4.78, 5) is 22.7. The molecular weight excluding hydrogens is 328 g/mol. The summed E-state index contributed by atoms with van der Waals surface area (Å²) in [7, 11) is 0. The van der Waals surface area contributed by atoms with Crippen LogP contribution in [0.3, 0.4) is 0 Å². The average Bonchev–Trinajstić information content (AvgIpc) is 2.56. The Labute approximate surface area is 157 Å². The minimum atomic E-state index is -0.231. The van der Waals surface area contributed by atoms with Gasteiger partial charge in [0.25, 0.3) is 0 Å². The third kappa shape index (κ3) is 3.47. The van der Waals surface area contributed by atoms with Gasteiger partial charge in [-0.2, -0.15) is 0 Å². The van der Waals surface area contributed by atoms with Gasteiger partial charge in [0.15, 0.2) is 0 Å². The van der Waals surface area contributed by atoms with E-state index in [9.17, 15) is 9.59 Å². The first-order valence-corrected chi connectivity index (χ1v) is 9.98.